The van der Waals surface area contributed by atoms with Gasteiger partial charge in [0, 0.05) is 23.1 Å². The minimum Gasteiger partial charge on any atom is -0.365 e. The van der Waals surface area contributed by atoms with Crippen LogP contribution in [0.15, 0.2) is 35.2 Å². The van der Waals surface area contributed by atoms with Crippen molar-refractivity contribution in [3.63, 3.8) is 0 Å². The molecule has 2 aromatic rings. The number of nitrogens with zero attached hydrogens (tertiary/aromatic N) is 3. The number of carbonyl (C=O) groups is 1. The van der Waals surface area contributed by atoms with Crippen molar-refractivity contribution < 1.29 is 9.72 Å². The smallest absolute Gasteiger partial charge is 0.270 e. The molecule has 0 fully saturated rings. The number of nitro groups is 1. The van der Waals surface area contributed by atoms with Crippen LogP contribution in [0.2, 0.25) is 0 Å². The molecule has 0 atom stereocenters. The summed E-state index contributed by atoms with van der Waals surface area (Å²) >= 11 is 1.25. The van der Waals surface area contributed by atoms with Gasteiger partial charge in [-0.05, 0) is 6.08 Å². The zero-order chi connectivity index (χ0) is 15.4. The second kappa shape index (κ2) is 5.94. The molecule has 2 rings (SSSR count). The minimum absolute atomic E-state index is 0.0327. The van der Waals surface area contributed by atoms with Crippen molar-refractivity contribution in [2.45, 2.75) is 0 Å². The van der Waals surface area contributed by atoms with Gasteiger partial charge in [-0.25, -0.2) is 4.98 Å². The van der Waals surface area contributed by atoms with Gasteiger partial charge in [-0.15, -0.1) is 11.3 Å². The quantitative estimate of drug-likeness (QED) is 0.401. The van der Waals surface area contributed by atoms with Crippen LogP contribution in [-0.2, 0) is 4.79 Å². The number of nitrogens with two attached hydrogens (primary N) is 1. The van der Waals surface area contributed by atoms with E-state index in [2.05, 4.69) is 4.98 Å². The Balaban J connectivity index is 2.37. The Morgan fingerprint density at radius 2 is 2.29 bits per heavy atom. The maximum absolute atomic E-state index is 11.0. The number of primary amides is 1. The van der Waals surface area contributed by atoms with Crippen LogP contribution in [0.3, 0.4) is 0 Å². The van der Waals surface area contributed by atoms with E-state index in [4.69, 9.17) is 11.0 Å². The van der Waals surface area contributed by atoms with Gasteiger partial charge in [0.1, 0.15) is 16.6 Å². The predicted molar refractivity (Wildman–Crippen MR) is 77.0 cm³/mol. The second-order valence-electron chi connectivity index (χ2n) is 3.92. The molecule has 0 spiro atoms. The Morgan fingerprint density at radius 1 is 1.52 bits per heavy atom. The summed E-state index contributed by atoms with van der Waals surface area (Å²) in [6.07, 6.45) is 1.28. The van der Waals surface area contributed by atoms with E-state index < -0.39 is 10.8 Å². The van der Waals surface area contributed by atoms with Crippen LogP contribution < -0.4 is 5.73 Å². The van der Waals surface area contributed by atoms with Gasteiger partial charge < -0.3 is 5.73 Å². The first-order valence-electron chi connectivity index (χ1n) is 5.63. The molecular weight excluding hydrogens is 292 g/mol. The van der Waals surface area contributed by atoms with Crippen LogP contribution in [0.5, 0.6) is 0 Å². The molecule has 0 aliphatic carbocycles. The molecule has 0 unspecified atom stereocenters. The summed E-state index contributed by atoms with van der Waals surface area (Å²) in [5.74, 6) is -0.831. The van der Waals surface area contributed by atoms with E-state index in [1.165, 1.54) is 29.5 Å². The first-order valence-corrected chi connectivity index (χ1v) is 6.51. The summed E-state index contributed by atoms with van der Waals surface area (Å²) in [5.41, 5.74) is 5.79. The molecule has 21 heavy (non-hydrogen) atoms. The largest absolute Gasteiger partial charge is 0.365 e. The Morgan fingerprint density at radius 3 is 2.90 bits per heavy atom. The van der Waals surface area contributed by atoms with Gasteiger partial charge in [0.2, 0.25) is 0 Å². The molecule has 0 aliphatic heterocycles. The number of nitro benzene ring substituents is 1. The first kappa shape index (κ1) is 14.4. The molecule has 7 nitrogen and oxygen atoms in total. The van der Waals surface area contributed by atoms with Crippen LogP contribution in [0.4, 0.5) is 5.69 Å². The van der Waals surface area contributed by atoms with Gasteiger partial charge in [-0.2, -0.15) is 5.26 Å². The molecule has 104 valence electrons. The molecule has 1 aromatic heterocycles. The molecule has 2 N–H and O–H groups in total. The lowest BCUT2D eigenvalue weighted by atomic mass is 10.2. The van der Waals surface area contributed by atoms with Crippen LogP contribution in [0, 0.1) is 21.4 Å². The van der Waals surface area contributed by atoms with Crippen LogP contribution in [0.1, 0.15) is 5.69 Å². The Hall–Kier alpha value is -3.05. The zero-order valence-electron chi connectivity index (χ0n) is 10.5. The third kappa shape index (κ3) is 3.29. The summed E-state index contributed by atoms with van der Waals surface area (Å²) in [5, 5.41) is 21.7. The number of thiazole rings is 1. The van der Waals surface area contributed by atoms with Crippen LogP contribution >= 0.6 is 11.3 Å². The fraction of sp³-hybridized carbons (Fsp3) is 0. The Kier molecular flexibility index (Phi) is 4.06. The van der Waals surface area contributed by atoms with Gasteiger partial charge in [0.25, 0.3) is 11.6 Å². The van der Waals surface area contributed by atoms with Crippen molar-refractivity contribution >= 4 is 29.0 Å². The monoisotopic (exact) mass is 300 g/mol. The molecule has 1 heterocycles. The Labute approximate surface area is 123 Å². The average molecular weight is 300 g/mol. The minimum atomic E-state index is -0.831. The summed E-state index contributed by atoms with van der Waals surface area (Å²) in [6.45, 7) is 0. The van der Waals surface area contributed by atoms with E-state index in [9.17, 15) is 14.9 Å². The number of nitriles is 1. The standard InChI is InChI=1S/C13H8N4O3S/c14-6-9(12(15)18)4-10-7-21-13(16-10)8-2-1-3-11(5-8)17(19)20/h1-5,7H,(H2,15,18)/b9-4-. The van der Waals surface area contributed by atoms with Crippen molar-refractivity contribution in [2.24, 2.45) is 5.73 Å². The van der Waals surface area contributed by atoms with E-state index in [1.54, 1.807) is 23.6 Å². The van der Waals surface area contributed by atoms with Crippen molar-refractivity contribution in [3.05, 3.63) is 51.0 Å². The summed E-state index contributed by atoms with van der Waals surface area (Å²) in [7, 11) is 0. The highest BCUT2D eigenvalue weighted by molar-refractivity contribution is 7.13. The number of carbonyl (C=O) groups excluding carboxylic acids is 1. The van der Waals surface area contributed by atoms with E-state index in [-0.39, 0.29) is 11.3 Å². The summed E-state index contributed by atoms with van der Waals surface area (Å²) in [6, 6.07) is 7.74. The SMILES string of the molecule is N#C/C(=C/c1csc(-c2cccc([N+](=O)[O-])c2)n1)C(N)=O. The third-order valence-electron chi connectivity index (χ3n) is 2.50. The van der Waals surface area contributed by atoms with Crippen LogP contribution in [0.25, 0.3) is 16.6 Å². The van der Waals surface area contributed by atoms with Crippen molar-refractivity contribution in [2.75, 3.05) is 0 Å². The number of aromatic nitrogens is 1. The molecular formula is C13H8N4O3S. The molecule has 0 aliphatic rings. The van der Waals surface area contributed by atoms with Crippen molar-refractivity contribution in [1.82, 2.24) is 4.98 Å². The van der Waals surface area contributed by atoms with E-state index >= 15 is 0 Å². The lowest BCUT2D eigenvalue weighted by Crippen LogP contribution is -2.12. The summed E-state index contributed by atoms with van der Waals surface area (Å²) in [4.78, 5) is 25.4. The fourth-order valence-corrected chi connectivity index (χ4v) is 2.32. The van der Waals surface area contributed by atoms with Gasteiger partial charge in [0.05, 0.1) is 10.6 Å². The molecule has 0 radical (unpaired) electrons. The van der Waals surface area contributed by atoms with Crippen molar-refractivity contribution in [1.29, 1.82) is 5.26 Å². The molecule has 0 saturated heterocycles. The lowest BCUT2D eigenvalue weighted by molar-refractivity contribution is -0.384. The zero-order valence-corrected chi connectivity index (χ0v) is 11.3. The number of hydrogen-bond donors (Lipinski definition) is 1. The lowest BCUT2D eigenvalue weighted by Gasteiger charge is -1.96. The first-order chi connectivity index (χ1) is 10.0. The average Bonchev–Trinajstić information content (AvgIpc) is 2.93. The van der Waals surface area contributed by atoms with Gasteiger partial charge in [-0.3, -0.25) is 14.9 Å². The van der Waals surface area contributed by atoms with Gasteiger partial charge in [0.15, 0.2) is 0 Å². The molecule has 0 saturated carbocycles. The van der Waals surface area contributed by atoms with E-state index in [0.717, 1.165) is 0 Å². The molecule has 1 aromatic carbocycles. The summed E-state index contributed by atoms with van der Waals surface area (Å²) < 4.78 is 0. The number of non-ortho nitro benzene ring substituents is 1. The van der Waals surface area contributed by atoms with E-state index in [0.29, 0.717) is 16.3 Å². The number of rotatable bonds is 4. The number of hydrogen-bond acceptors (Lipinski definition) is 6. The predicted octanol–water partition coefficient (Wildman–Crippen LogP) is 2.11. The molecule has 1 amide bonds. The fourth-order valence-electron chi connectivity index (χ4n) is 1.54. The Bertz CT molecular complexity index is 789. The number of amides is 1. The van der Waals surface area contributed by atoms with Gasteiger partial charge in [-0.1, -0.05) is 12.1 Å². The molecule has 0 bridgehead atoms. The normalized spacial score (nSPS) is 10.9. The molecule has 8 heteroatoms. The van der Waals surface area contributed by atoms with Gasteiger partial charge >= 0.3 is 0 Å². The highest BCUT2D eigenvalue weighted by atomic mass is 32.1. The maximum atomic E-state index is 11.0. The second-order valence-corrected chi connectivity index (χ2v) is 4.78. The van der Waals surface area contributed by atoms with Crippen molar-refractivity contribution in [3.8, 4) is 16.6 Å². The van der Waals surface area contributed by atoms with Crippen LogP contribution in [-0.4, -0.2) is 15.8 Å². The third-order valence-corrected chi connectivity index (χ3v) is 3.41. The highest BCUT2D eigenvalue weighted by Gasteiger charge is 2.11. The maximum Gasteiger partial charge on any atom is 0.270 e. The highest BCUT2D eigenvalue weighted by Crippen LogP contribution is 2.27. The number of benzene rings is 1. The topological polar surface area (TPSA) is 123 Å². The van der Waals surface area contributed by atoms with E-state index in [1.807, 2.05) is 0 Å².